The molecule has 0 bridgehead atoms. The van der Waals surface area contributed by atoms with Crippen molar-refractivity contribution >= 4 is 23.8 Å². The second-order valence-corrected chi connectivity index (χ2v) is 10.4. The monoisotopic (exact) mass is 507 g/mol. The molecule has 37 heavy (non-hydrogen) atoms. The highest BCUT2D eigenvalue weighted by Gasteiger charge is 2.72. The number of nitrogens with zero attached hydrogens (tertiary/aromatic N) is 5. The van der Waals surface area contributed by atoms with Gasteiger partial charge in [-0.05, 0) is 37.5 Å². The normalized spacial score (nSPS) is 26.7. The predicted molar refractivity (Wildman–Crippen MR) is 128 cm³/mol. The third-order valence-corrected chi connectivity index (χ3v) is 8.32. The van der Waals surface area contributed by atoms with E-state index < -0.39 is 10.8 Å². The van der Waals surface area contributed by atoms with E-state index in [4.69, 9.17) is 4.74 Å². The number of morpholine rings is 1. The molecule has 1 aliphatic carbocycles. The summed E-state index contributed by atoms with van der Waals surface area (Å²) in [5.41, 5.74) is 0.792. The van der Waals surface area contributed by atoms with E-state index in [1.165, 1.54) is 4.68 Å². The second-order valence-electron chi connectivity index (χ2n) is 10.4. The van der Waals surface area contributed by atoms with Crippen LogP contribution < -0.4 is 10.6 Å². The Morgan fingerprint density at radius 3 is 2.49 bits per heavy atom. The molecule has 2 aromatic rings. The average Bonchev–Trinajstić information content (AvgIpc) is 3.63. The van der Waals surface area contributed by atoms with E-state index in [0.29, 0.717) is 56.1 Å². The molecular weight excluding hydrogens is 478 g/mol. The van der Waals surface area contributed by atoms with Crippen LogP contribution in [0.2, 0.25) is 0 Å². The first-order chi connectivity index (χ1) is 17.8. The largest absolute Gasteiger partial charge is 0.378 e. The molecule has 194 valence electrons. The average molecular weight is 508 g/mol. The summed E-state index contributed by atoms with van der Waals surface area (Å²) in [5.74, 6) is -0.757. The standard InChI is InChI=1S/C25H29N7O5/c1-16-3-4-18(20(33)31-14-24-5-2-6-25(24,15-31)22(35)27-21(24)34)19(11-16)32-13-17(28-29-32)12-26-23(36)30-7-9-37-10-8-30/h3-4,11,13H,2,5-10,12,14-15H2,1H3,(H,26,36)(H,27,34,35). The Labute approximate surface area is 213 Å². The van der Waals surface area contributed by atoms with E-state index in [9.17, 15) is 19.2 Å². The van der Waals surface area contributed by atoms with Crippen molar-refractivity contribution in [3.63, 3.8) is 0 Å². The van der Waals surface area contributed by atoms with Crippen LogP contribution >= 0.6 is 0 Å². The Kier molecular flexibility index (Phi) is 5.51. The molecule has 0 radical (unpaired) electrons. The van der Waals surface area contributed by atoms with Gasteiger partial charge < -0.3 is 19.9 Å². The number of aromatic nitrogens is 3. The van der Waals surface area contributed by atoms with Crippen molar-refractivity contribution in [2.24, 2.45) is 10.8 Å². The summed E-state index contributed by atoms with van der Waals surface area (Å²) in [6.45, 7) is 4.69. The lowest BCUT2D eigenvalue weighted by atomic mass is 9.70. The topological polar surface area (TPSA) is 139 Å². The van der Waals surface area contributed by atoms with Crippen molar-refractivity contribution in [2.75, 3.05) is 39.4 Å². The maximum absolute atomic E-state index is 13.8. The van der Waals surface area contributed by atoms with Crippen LogP contribution in [0.15, 0.2) is 24.4 Å². The lowest BCUT2D eigenvalue weighted by Gasteiger charge is -2.26. The van der Waals surface area contributed by atoms with Gasteiger partial charge in [0.15, 0.2) is 0 Å². The number of imide groups is 1. The summed E-state index contributed by atoms with van der Waals surface area (Å²) in [7, 11) is 0. The number of amides is 5. The van der Waals surface area contributed by atoms with Gasteiger partial charge in [0.25, 0.3) is 5.91 Å². The number of aryl methyl sites for hydroxylation is 1. The van der Waals surface area contributed by atoms with Crippen LogP contribution in [0, 0.1) is 17.8 Å². The number of urea groups is 1. The summed E-state index contributed by atoms with van der Waals surface area (Å²) in [6, 6.07) is 5.26. The lowest BCUT2D eigenvalue weighted by Crippen LogP contribution is -2.45. The number of likely N-dealkylation sites (tertiary alicyclic amines) is 1. The summed E-state index contributed by atoms with van der Waals surface area (Å²) >= 11 is 0. The SMILES string of the molecule is Cc1ccc(C(=O)N2CC34CCCC3(C2)C(=O)NC4=O)c(-n2cc(CNC(=O)N3CCOCC3)nn2)c1. The molecule has 3 saturated heterocycles. The van der Waals surface area contributed by atoms with Crippen molar-refractivity contribution in [2.45, 2.75) is 32.7 Å². The lowest BCUT2D eigenvalue weighted by molar-refractivity contribution is -0.129. The third kappa shape index (κ3) is 3.61. The summed E-state index contributed by atoms with van der Waals surface area (Å²) in [6.07, 6.45) is 3.71. The molecule has 4 heterocycles. The number of hydrogen-bond acceptors (Lipinski definition) is 7. The van der Waals surface area contributed by atoms with Gasteiger partial charge in [0.1, 0.15) is 5.69 Å². The van der Waals surface area contributed by atoms with Crippen molar-refractivity contribution in [1.82, 2.24) is 35.4 Å². The maximum atomic E-state index is 13.8. The zero-order valence-corrected chi connectivity index (χ0v) is 20.7. The second kappa shape index (κ2) is 8.65. The van der Waals surface area contributed by atoms with Crippen LogP contribution in [0.5, 0.6) is 0 Å². The molecule has 6 rings (SSSR count). The number of benzene rings is 1. The van der Waals surface area contributed by atoms with Gasteiger partial charge in [0.05, 0.1) is 48.0 Å². The number of rotatable bonds is 4. The predicted octanol–water partition coefficient (Wildman–Crippen LogP) is 0.386. The Hall–Kier alpha value is -3.80. The van der Waals surface area contributed by atoms with E-state index in [1.807, 2.05) is 19.1 Å². The van der Waals surface area contributed by atoms with Crippen LogP contribution in [-0.2, 0) is 20.9 Å². The van der Waals surface area contributed by atoms with Crippen LogP contribution in [0.25, 0.3) is 5.69 Å². The van der Waals surface area contributed by atoms with Gasteiger partial charge in [0.2, 0.25) is 11.8 Å². The fourth-order valence-electron chi connectivity index (χ4n) is 6.35. The number of nitrogens with one attached hydrogen (secondary N) is 2. The zero-order valence-electron chi connectivity index (χ0n) is 20.7. The van der Waals surface area contributed by atoms with Gasteiger partial charge in [-0.15, -0.1) is 5.10 Å². The first kappa shape index (κ1) is 23.6. The summed E-state index contributed by atoms with van der Waals surface area (Å²) in [4.78, 5) is 55.1. The highest BCUT2D eigenvalue weighted by Crippen LogP contribution is 2.60. The molecule has 4 fully saturated rings. The Bertz CT molecular complexity index is 1270. The van der Waals surface area contributed by atoms with E-state index in [1.54, 1.807) is 22.1 Å². The number of hydrogen-bond donors (Lipinski definition) is 2. The highest BCUT2D eigenvalue weighted by atomic mass is 16.5. The third-order valence-electron chi connectivity index (χ3n) is 8.32. The Balaban J connectivity index is 1.22. The Morgan fingerprint density at radius 2 is 1.78 bits per heavy atom. The minimum absolute atomic E-state index is 0.188. The number of ether oxygens (including phenoxy) is 1. The van der Waals surface area contributed by atoms with Gasteiger partial charge in [-0.2, -0.15) is 0 Å². The first-order valence-corrected chi connectivity index (χ1v) is 12.6. The van der Waals surface area contributed by atoms with Crippen LogP contribution in [0.3, 0.4) is 0 Å². The molecule has 2 N–H and O–H groups in total. The fourth-order valence-corrected chi connectivity index (χ4v) is 6.35. The van der Waals surface area contributed by atoms with Gasteiger partial charge in [-0.1, -0.05) is 17.7 Å². The van der Waals surface area contributed by atoms with Gasteiger partial charge in [-0.3, -0.25) is 19.7 Å². The molecular formula is C25H29N7O5. The van der Waals surface area contributed by atoms with E-state index in [-0.39, 0.29) is 43.4 Å². The summed E-state index contributed by atoms with van der Waals surface area (Å²) in [5, 5.41) is 13.8. The molecule has 1 aromatic heterocycles. The molecule has 1 aromatic carbocycles. The van der Waals surface area contributed by atoms with Crippen molar-refractivity contribution < 1.29 is 23.9 Å². The smallest absolute Gasteiger partial charge is 0.317 e. The quantitative estimate of drug-likeness (QED) is 0.571. The minimum Gasteiger partial charge on any atom is -0.378 e. The van der Waals surface area contributed by atoms with Crippen LogP contribution in [0.1, 0.15) is 40.9 Å². The highest BCUT2D eigenvalue weighted by molar-refractivity contribution is 6.12. The van der Waals surface area contributed by atoms with E-state index >= 15 is 0 Å². The zero-order chi connectivity index (χ0) is 25.8. The Morgan fingerprint density at radius 1 is 1.08 bits per heavy atom. The van der Waals surface area contributed by atoms with Gasteiger partial charge >= 0.3 is 6.03 Å². The fraction of sp³-hybridized carbons (Fsp3) is 0.520. The molecule has 12 nitrogen and oxygen atoms in total. The first-order valence-electron chi connectivity index (χ1n) is 12.6. The van der Waals surface area contributed by atoms with Gasteiger partial charge in [-0.25, -0.2) is 9.48 Å². The molecule has 4 aliphatic rings. The van der Waals surface area contributed by atoms with E-state index in [0.717, 1.165) is 12.0 Å². The molecule has 0 spiro atoms. The van der Waals surface area contributed by atoms with Crippen LogP contribution in [-0.4, -0.2) is 87.9 Å². The minimum atomic E-state index is -0.830. The number of carbonyl (C=O) groups is 4. The van der Waals surface area contributed by atoms with Crippen molar-refractivity contribution in [3.05, 3.63) is 41.2 Å². The van der Waals surface area contributed by atoms with Crippen LogP contribution in [0.4, 0.5) is 4.79 Å². The number of carbonyl (C=O) groups excluding carboxylic acids is 4. The summed E-state index contributed by atoms with van der Waals surface area (Å²) < 4.78 is 6.81. The molecule has 5 amide bonds. The molecule has 12 heteroatoms. The van der Waals surface area contributed by atoms with Crippen molar-refractivity contribution in [1.29, 1.82) is 0 Å². The van der Waals surface area contributed by atoms with Crippen molar-refractivity contribution in [3.8, 4) is 5.69 Å². The molecule has 2 unspecified atom stereocenters. The molecule has 3 aliphatic heterocycles. The molecule has 2 atom stereocenters. The maximum Gasteiger partial charge on any atom is 0.317 e. The van der Waals surface area contributed by atoms with E-state index in [2.05, 4.69) is 20.9 Å². The van der Waals surface area contributed by atoms with Gasteiger partial charge in [0, 0.05) is 26.2 Å². The molecule has 1 saturated carbocycles.